The number of nitrogens with one attached hydrogen (secondary N) is 1. The number of benzene rings is 6. The number of hydrogen-bond acceptors (Lipinski definition) is 3. The second-order valence-electron chi connectivity index (χ2n) is 12.6. The fraction of sp³-hybridized carbons (Fsp3) is 0.0227. The smallest absolute Gasteiger partial charge is 0.228 e. The molecule has 1 atom stereocenters. The number of rotatable bonds is 4. The number of fused-ring (bicyclic) bond motifs is 6. The third-order valence-electron chi connectivity index (χ3n) is 9.78. The highest BCUT2D eigenvalue weighted by Gasteiger charge is 2.33. The van der Waals surface area contributed by atoms with Crippen LogP contribution in [0.25, 0.3) is 66.2 Å². The van der Waals surface area contributed by atoms with Crippen molar-refractivity contribution in [2.45, 2.75) is 6.17 Å². The molecule has 0 saturated carbocycles. The molecule has 5 nitrogen and oxygen atoms in total. The molecule has 6 aromatic carbocycles. The summed E-state index contributed by atoms with van der Waals surface area (Å²) in [4.78, 5) is 0. The van der Waals surface area contributed by atoms with Gasteiger partial charge < -0.3 is 9.88 Å². The van der Waals surface area contributed by atoms with Crippen LogP contribution < -0.4 is 5.32 Å². The Morgan fingerprint density at radius 2 is 1.18 bits per heavy atom. The molecular formula is C44H31N5. The van der Waals surface area contributed by atoms with Crippen LogP contribution in [0, 0.1) is 0 Å². The van der Waals surface area contributed by atoms with Crippen molar-refractivity contribution < 1.29 is 0 Å². The van der Waals surface area contributed by atoms with Gasteiger partial charge in [-0.1, -0.05) is 109 Å². The molecule has 0 bridgehead atoms. The average molecular weight is 630 g/mol. The predicted molar refractivity (Wildman–Crippen MR) is 202 cm³/mol. The molecule has 5 heteroatoms. The van der Waals surface area contributed by atoms with E-state index in [1.165, 1.54) is 38.4 Å². The van der Waals surface area contributed by atoms with Gasteiger partial charge in [-0.3, -0.25) is 4.57 Å². The second kappa shape index (κ2) is 11.0. The highest BCUT2D eigenvalue weighted by Crippen LogP contribution is 2.38. The quantitative estimate of drug-likeness (QED) is 0.210. The molecular weight excluding hydrogens is 599 g/mol. The van der Waals surface area contributed by atoms with E-state index < -0.39 is 0 Å². The molecule has 8 aromatic rings. The number of allylic oxidation sites excluding steroid dienone is 2. The van der Waals surface area contributed by atoms with E-state index in [1.807, 2.05) is 0 Å². The summed E-state index contributed by atoms with van der Waals surface area (Å²) in [6.45, 7) is 0. The lowest BCUT2D eigenvalue weighted by atomic mass is 9.91. The molecule has 1 N–H and O–H groups in total. The third-order valence-corrected chi connectivity index (χ3v) is 9.78. The Morgan fingerprint density at radius 3 is 1.92 bits per heavy atom. The van der Waals surface area contributed by atoms with Crippen molar-refractivity contribution in [3.8, 4) is 27.9 Å². The Kier molecular flexibility index (Phi) is 6.18. The van der Waals surface area contributed by atoms with Crippen molar-refractivity contribution in [1.82, 2.24) is 19.5 Å². The normalized spacial score (nSPS) is 15.4. The van der Waals surface area contributed by atoms with Gasteiger partial charge in [0.05, 0.1) is 16.6 Å². The average Bonchev–Trinajstić information content (AvgIpc) is 3.89. The van der Waals surface area contributed by atoms with Gasteiger partial charge in [0.15, 0.2) is 0 Å². The van der Waals surface area contributed by atoms with Gasteiger partial charge in [0.25, 0.3) is 0 Å². The lowest BCUT2D eigenvalue weighted by Gasteiger charge is -2.26. The number of para-hydroxylation sites is 2. The summed E-state index contributed by atoms with van der Waals surface area (Å²) in [5, 5.41) is 14.7. The third kappa shape index (κ3) is 4.44. The van der Waals surface area contributed by atoms with Crippen LogP contribution in [-0.4, -0.2) is 26.3 Å². The van der Waals surface area contributed by atoms with Crippen LogP contribution in [0.4, 0.5) is 0 Å². The summed E-state index contributed by atoms with van der Waals surface area (Å²) in [5.41, 5.74) is 11.6. The fourth-order valence-corrected chi connectivity index (χ4v) is 7.51. The van der Waals surface area contributed by atoms with Gasteiger partial charge in [-0.25, -0.2) is 5.01 Å². The Morgan fingerprint density at radius 1 is 0.531 bits per heavy atom. The van der Waals surface area contributed by atoms with Crippen molar-refractivity contribution in [3.05, 3.63) is 182 Å². The fourth-order valence-electron chi connectivity index (χ4n) is 7.51. The molecule has 0 fully saturated rings. The van der Waals surface area contributed by atoms with Gasteiger partial charge in [-0.2, -0.15) is 0 Å². The van der Waals surface area contributed by atoms with Gasteiger partial charge in [-0.05, 0) is 82.4 Å². The minimum absolute atomic E-state index is 0.168. The first kappa shape index (κ1) is 27.5. The van der Waals surface area contributed by atoms with E-state index >= 15 is 0 Å². The summed E-state index contributed by atoms with van der Waals surface area (Å²) in [6, 6.07) is 54.0. The monoisotopic (exact) mass is 629 g/mol. The minimum Gasteiger partial charge on any atom is -0.328 e. The van der Waals surface area contributed by atoms with Crippen LogP contribution in [-0.2, 0) is 0 Å². The van der Waals surface area contributed by atoms with Gasteiger partial charge in [0.1, 0.15) is 6.17 Å². The zero-order valence-electron chi connectivity index (χ0n) is 26.6. The molecule has 232 valence electrons. The molecule has 2 aliphatic rings. The molecule has 0 amide bonds. The minimum atomic E-state index is -0.168. The molecule has 10 rings (SSSR count). The Labute approximate surface area is 284 Å². The van der Waals surface area contributed by atoms with Gasteiger partial charge >= 0.3 is 0 Å². The van der Waals surface area contributed by atoms with Crippen molar-refractivity contribution in [2.24, 2.45) is 5.10 Å². The van der Waals surface area contributed by atoms with Crippen LogP contribution >= 0.6 is 0 Å². The van der Waals surface area contributed by atoms with E-state index in [-0.39, 0.29) is 6.17 Å². The van der Waals surface area contributed by atoms with Crippen LogP contribution in [0.15, 0.2) is 181 Å². The van der Waals surface area contributed by atoms with Gasteiger partial charge in [0, 0.05) is 39.8 Å². The van der Waals surface area contributed by atoms with Crippen LogP contribution in [0.2, 0.25) is 0 Å². The van der Waals surface area contributed by atoms with E-state index in [4.69, 9.17) is 5.10 Å². The van der Waals surface area contributed by atoms with Gasteiger partial charge in [0.2, 0.25) is 5.96 Å². The first-order valence-corrected chi connectivity index (χ1v) is 16.7. The largest absolute Gasteiger partial charge is 0.328 e. The number of hydrogen-bond donors (Lipinski definition) is 1. The molecule has 0 aliphatic carbocycles. The predicted octanol–water partition coefficient (Wildman–Crippen LogP) is 10.0. The van der Waals surface area contributed by atoms with E-state index in [2.05, 4.69) is 196 Å². The van der Waals surface area contributed by atoms with Crippen molar-refractivity contribution in [1.29, 1.82) is 0 Å². The lowest BCUT2D eigenvalue weighted by Crippen LogP contribution is -2.39. The summed E-state index contributed by atoms with van der Waals surface area (Å²) >= 11 is 0. The molecule has 49 heavy (non-hydrogen) atoms. The molecule has 4 heterocycles. The van der Waals surface area contributed by atoms with E-state index in [0.717, 1.165) is 39.3 Å². The summed E-state index contributed by atoms with van der Waals surface area (Å²) in [6.07, 6.45) is 8.38. The van der Waals surface area contributed by atoms with Crippen molar-refractivity contribution in [2.75, 3.05) is 0 Å². The van der Waals surface area contributed by atoms with Crippen LogP contribution in [0.3, 0.4) is 0 Å². The van der Waals surface area contributed by atoms with Crippen molar-refractivity contribution in [3.63, 3.8) is 0 Å². The first-order chi connectivity index (χ1) is 24.3. The first-order valence-electron chi connectivity index (χ1n) is 16.7. The van der Waals surface area contributed by atoms with E-state index in [1.54, 1.807) is 0 Å². The molecule has 1 unspecified atom stereocenters. The highest BCUT2D eigenvalue weighted by atomic mass is 15.6. The van der Waals surface area contributed by atoms with E-state index in [0.29, 0.717) is 0 Å². The molecule has 2 aromatic heterocycles. The number of aromatic nitrogens is 2. The zero-order chi connectivity index (χ0) is 32.3. The van der Waals surface area contributed by atoms with Crippen LogP contribution in [0.5, 0.6) is 0 Å². The maximum Gasteiger partial charge on any atom is 0.228 e. The Balaban J connectivity index is 1.11. The second-order valence-corrected chi connectivity index (χ2v) is 12.6. The maximum atomic E-state index is 5.23. The molecule has 2 aliphatic heterocycles. The molecule has 0 radical (unpaired) electrons. The van der Waals surface area contributed by atoms with Crippen LogP contribution in [0.1, 0.15) is 5.56 Å². The Bertz CT molecular complexity index is 2570. The number of hydrazone groups is 1. The Hall–Kier alpha value is -6.59. The lowest BCUT2D eigenvalue weighted by molar-refractivity contribution is 0.359. The van der Waals surface area contributed by atoms with Gasteiger partial charge in [-0.15, -0.1) is 5.10 Å². The zero-order valence-corrected chi connectivity index (χ0v) is 26.6. The number of nitrogens with zero attached hydrogens (tertiary/aromatic N) is 4. The maximum absolute atomic E-state index is 5.23. The van der Waals surface area contributed by atoms with E-state index in [9.17, 15) is 0 Å². The summed E-state index contributed by atoms with van der Waals surface area (Å²) < 4.78 is 4.57. The SMILES string of the molecule is C1=CN2N=C(n3c4ccccc4c4ccc5c(ccn5-c5ccccc5)c43)NC2C(c2cc(-c3ccccc3)cc(-c3ccccc3)c2)=C1. The highest BCUT2D eigenvalue weighted by molar-refractivity contribution is 6.21. The molecule has 0 saturated heterocycles. The topological polar surface area (TPSA) is 37.5 Å². The molecule has 0 spiro atoms. The standard InChI is InChI=1S/C44H31N5/c1-4-13-30(14-5-1)32-27-33(31-15-6-2-7-16-31)29-34(28-32)36-20-12-25-48-43(36)45-44(46-48)49-41-21-11-10-19-37(41)38-22-23-40-39(42(38)49)24-26-47(40)35-17-8-3-9-18-35/h1-29,43H,(H,45,46). The summed E-state index contributed by atoms with van der Waals surface area (Å²) in [7, 11) is 0. The summed E-state index contributed by atoms with van der Waals surface area (Å²) in [5.74, 6) is 0.802. The van der Waals surface area contributed by atoms with Crippen molar-refractivity contribution >= 4 is 44.2 Å².